The number of hydrogen-bond acceptors (Lipinski definition) is 1. The van der Waals surface area contributed by atoms with Gasteiger partial charge in [-0.25, -0.2) is 0 Å². The first kappa shape index (κ1) is 10.3. The van der Waals surface area contributed by atoms with Gasteiger partial charge >= 0.3 is 0 Å². The highest BCUT2D eigenvalue weighted by Crippen LogP contribution is 2.42. The Hall–Kier alpha value is -0.830. The van der Waals surface area contributed by atoms with Crippen molar-refractivity contribution in [3.05, 3.63) is 33.8 Å². The first-order valence-electron chi connectivity index (χ1n) is 5.75. The van der Waals surface area contributed by atoms with E-state index in [0.717, 1.165) is 23.9 Å². The van der Waals surface area contributed by atoms with Crippen molar-refractivity contribution in [1.82, 2.24) is 5.32 Å². The highest BCUT2D eigenvalue weighted by Gasteiger charge is 2.42. The summed E-state index contributed by atoms with van der Waals surface area (Å²) in [6, 6.07) is 6.50. The smallest absolute Gasteiger partial charge is 0.220 e. The van der Waals surface area contributed by atoms with E-state index in [1.807, 2.05) is 0 Å². The van der Waals surface area contributed by atoms with E-state index < -0.39 is 0 Å². The van der Waals surface area contributed by atoms with Crippen LogP contribution in [0.25, 0.3) is 0 Å². The molecule has 1 aliphatic heterocycles. The average molecular weight is 280 g/mol. The molecule has 1 atom stereocenters. The molecule has 1 saturated heterocycles. The van der Waals surface area contributed by atoms with Crippen molar-refractivity contribution in [2.45, 2.75) is 31.1 Å². The molecular formula is C13H14BrNO. The second kappa shape index (κ2) is 3.59. The van der Waals surface area contributed by atoms with Gasteiger partial charge in [0.25, 0.3) is 0 Å². The maximum absolute atomic E-state index is 11.5. The minimum atomic E-state index is 0.0778. The second-order valence-electron chi connectivity index (χ2n) is 4.89. The van der Waals surface area contributed by atoms with Crippen molar-refractivity contribution in [3.8, 4) is 0 Å². The van der Waals surface area contributed by atoms with Crippen LogP contribution in [0.15, 0.2) is 22.7 Å². The Kier molecular flexibility index (Phi) is 2.32. The van der Waals surface area contributed by atoms with Crippen molar-refractivity contribution in [3.63, 3.8) is 0 Å². The third-order valence-corrected chi connectivity index (χ3v) is 4.36. The highest BCUT2D eigenvalue weighted by atomic mass is 79.9. The SMILES string of the molecule is O=C1CC2(CCCc3ccc(Br)cc32)CN1. The van der Waals surface area contributed by atoms with Crippen LogP contribution in [0.4, 0.5) is 0 Å². The van der Waals surface area contributed by atoms with Crippen LogP contribution in [0.3, 0.4) is 0 Å². The topological polar surface area (TPSA) is 29.1 Å². The first-order chi connectivity index (χ1) is 7.70. The predicted octanol–water partition coefficient (Wildman–Crippen LogP) is 2.54. The number of amides is 1. The molecule has 0 radical (unpaired) electrons. The molecule has 16 heavy (non-hydrogen) atoms. The van der Waals surface area contributed by atoms with E-state index in [4.69, 9.17) is 0 Å². The Morgan fingerprint density at radius 3 is 3.00 bits per heavy atom. The molecule has 2 aliphatic rings. The van der Waals surface area contributed by atoms with Gasteiger partial charge in [0.15, 0.2) is 0 Å². The summed E-state index contributed by atoms with van der Waals surface area (Å²) >= 11 is 3.53. The summed E-state index contributed by atoms with van der Waals surface area (Å²) in [4.78, 5) is 11.5. The summed E-state index contributed by atoms with van der Waals surface area (Å²) < 4.78 is 1.12. The lowest BCUT2D eigenvalue weighted by Gasteiger charge is -2.34. The molecule has 1 amide bonds. The Labute approximate surface area is 104 Å². The number of hydrogen-bond donors (Lipinski definition) is 1. The first-order valence-corrected chi connectivity index (χ1v) is 6.55. The maximum atomic E-state index is 11.5. The van der Waals surface area contributed by atoms with E-state index in [-0.39, 0.29) is 11.3 Å². The molecule has 1 aromatic carbocycles. The second-order valence-corrected chi connectivity index (χ2v) is 5.80. The molecule has 84 valence electrons. The molecule has 0 bridgehead atoms. The van der Waals surface area contributed by atoms with E-state index in [2.05, 4.69) is 39.4 Å². The summed E-state index contributed by atoms with van der Waals surface area (Å²) in [6.07, 6.45) is 4.15. The van der Waals surface area contributed by atoms with Gasteiger partial charge in [-0.2, -0.15) is 0 Å². The van der Waals surface area contributed by atoms with Crippen LogP contribution in [0.2, 0.25) is 0 Å². The molecule has 1 fully saturated rings. The van der Waals surface area contributed by atoms with Gasteiger partial charge in [0.1, 0.15) is 0 Å². The monoisotopic (exact) mass is 279 g/mol. The third kappa shape index (κ3) is 1.49. The van der Waals surface area contributed by atoms with E-state index in [1.165, 1.54) is 17.5 Å². The zero-order valence-electron chi connectivity index (χ0n) is 9.05. The van der Waals surface area contributed by atoms with E-state index in [1.54, 1.807) is 0 Å². The number of carbonyl (C=O) groups is 1. The largest absolute Gasteiger partial charge is 0.355 e. The van der Waals surface area contributed by atoms with Gasteiger partial charge in [0, 0.05) is 22.9 Å². The molecule has 1 aliphatic carbocycles. The van der Waals surface area contributed by atoms with Crippen molar-refractivity contribution >= 4 is 21.8 Å². The fourth-order valence-corrected chi connectivity index (χ4v) is 3.44. The van der Waals surface area contributed by atoms with Crippen LogP contribution in [0, 0.1) is 0 Å². The number of nitrogens with one attached hydrogen (secondary N) is 1. The molecule has 1 heterocycles. The van der Waals surface area contributed by atoms with Crippen LogP contribution >= 0.6 is 15.9 Å². The molecule has 2 nitrogen and oxygen atoms in total. The number of halogens is 1. The maximum Gasteiger partial charge on any atom is 0.220 e. The van der Waals surface area contributed by atoms with Gasteiger partial charge in [-0.1, -0.05) is 22.0 Å². The van der Waals surface area contributed by atoms with Gasteiger partial charge in [-0.15, -0.1) is 0 Å². The normalized spacial score (nSPS) is 27.9. The van der Waals surface area contributed by atoms with Crippen molar-refractivity contribution in [1.29, 1.82) is 0 Å². The van der Waals surface area contributed by atoms with Gasteiger partial charge < -0.3 is 5.32 Å². The lowest BCUT2D eigenvalue weighted by atomic mass is 9.69. The lowest BCUT2D eigenvalue weighted by molar-refractivity contribution is -0.119. The Bertz CT molecular complexity index is 457. The van der Waals surface area contributed by atoms with Crippen molar-refractivity contribution in [2.75, 3.05) is 6.54 Å². The molecular weight excluding hydrogens is 266 g/mol. The summed E-state index contributed by atoms with van der Waals surface area (Å²) in [5.74, 6) is 0.202. The highest BCUT2D eigenvalue weighted by molar-refractivity contribution is 9.10. The Morgan fingerprint density at radius 1 is 1.38 bits per heavy atom. The van der Waals surface area contributed by atoms with Gasteiger partial charge in [0.05, 0.1) is 0 Å². The molecule has 1 aromatic rings. The number of aryl methyl sites for hydroxylation is 1. The lowest BCUT2D eigenvalue weighted by Crippen LogP contribution is -2.33. The molecule has 0 saturated carbocycles. The standard InChI is InChI=1S/C13H14BrNO/c14-10-4-3-9-2-1-5-13(11(9)6-10)7-12(16)15-8-13/h3-4,6H,1-2,5,7-8H2,(H,15,16). The molecule has 1 spiro atoms. The third-order valence-electron chi connectivity index (χ3n) is 3.87. The van der Waals surface area contributed by atoms with E-state index in [0.29, 0.717) is 6.42 Å². The Morgan fingerprint density at radius 2 is 2.25 bits per heavy atom. The fourth-order valence-electron chi connectivity index (χ4n) is 3.08. The van der Waals surface area contributed by atoms with Crippen molar-refractivity contribution < 1.29 is 4.79 Å². The van der Waals surface area contributed by atoms with E-state index in [9.17, 15) is 4.79 Å². The number of rotatable bonds is 0. The molecule has 0 aromatic heterocycles. The van der Waals surface area contributed by atoms with E-state index >= 15 is 0 Å². The summed E-state index contributed by atoms with van der Waals surface area (Å²) in [5.41, 5.74) is 2.88. The zero-order valence-corrected chi connectivity index (χ0v) is 10.6. The number of benzene rings is 1. The summed E-state index contributed by atoms with van der Waals surface area (Å²) in [6.45, 7) is 0.815. The van der Waals surface area contributed by atoms with Crippen LogP contribution in [-0.4, -0.2) is 12.5 Å². The fraction of sp³-hybridized carbons (Fsp3) is 0.462. The van der Waals surface area contributed by atoms with Gasteiger partial charge in [0.2, 0.25) is 5.91 Å². The van der Waals surface area contributed by atoms with Gasteiger partial charge in [-0.05, 0) is 42.5 Å². The minimum Gasteiger partial charge on any atom is -0.355 e. The molecule has 1 unspecified atom stereocenters. The van der Waals surface area contributed by atoms with Crippen LogP contribution < -0.4 is 5.32 Å². The number of fused-ring (bicyclic) bond motifs is 2. The Balaban J connectivity index is 2.11. The number of carbonyl (C=O) groups excluding carboxylic acids is 1. The molecule has 1 N–H and O–H groups in total. The van der Waals surface area contributed by atoms with Crippen LogP contribution in [0.5, 0.6) is 0 Å². The van der Waals surface area contributed by atoms with Crippen LogP contribution in [-0.2, 0) is 16.6 Å². The average Bonchev–Trinajstić information content (AvgIpc) is 2.63. The quantitative estimate of drug-likeness (QED) is 0.777. The zero-order chi connectivity index (χ0) is 11.2. The minimum absolute atomic E-state index is 0.0778. The predicted molar refractivity (Wildman–Crippen MR) is 66.4 cm³/mol. The molecule has 3 heteroatoms. The molecule has 3 rings (SSSR count). The summed E-state index contributed by atoms with van der Waals surface area (Å²) in [5, 5.41) is 2.99. The van der Waals surface area contributed by atoms with Crippen molar-refractivity contribution in [2.24, 2.45) is 0 Å². The van der Waals surface area contributed by atoms with Crippen LogP contribution in [0.1, 0.15) is 30.4 Å². The summed E-state index contributed by atoms with van der Waals surface area (Å²) in [7, 11) is 0. The van der Waals surface area contributed by atoms with Gasteiger partial charge in [-0.3, -0.25) is 4.79 Å².